The Hall–Kier alpha value is -2.29. The summed E-state index contributed by atoms with van der Waals surface area (Å²) in [5.74, 6) is -8.01. The number of methoxy groups -OCH3 is 1. The molecule has 0 amide bonds. The number of hydrogen-bond donors (Lipinski definition) is 0. The molecule has 0 bridgehead atoms. The van der Waals surface area contributed by atoms with E-state index in [0.717, 1.165) is 7.11 Å². The quantitative estimate of drug-likeness (QED) is 0.183. The Morgan fingerprint density at radius 1 is 1.25 bits per heavy atom. The predicted octanol–water partition coefficient (Wildman–Crippen LogP) is 1.42. The van der Waals surface area contributed by atoms with E-state index in [0.29, 0.717) is 0 Å². The lowest BCUT2D eigenvalue weighted by atomic mass is 10.1. The van der Waals surface area contributed by atoms with Crippen LogP contribution in [0.3, 0.4) is 0 Å². The van der Waals surface area contributed by atoms with Crippen molar-refractivity contribution in [2.24, 2.45) is 0 Å². The molecule has 9 heteroatoms. The van der Waals surface area contributed by atoms with Gasteiger partial charge in [0.15, 0.2) is 12.7 Å². The van der Waals surface area contributed by atoms with E-state index >= 15 is 0 Å². The summed E-state index contributed by atoms with van der Waals surface area (Å²) in [5.41, 5.74) is -0.0726. The summed E-state index contributed by atoms with van der Waals surface area (Å²) in [4.78, 5) is 34.0. The first-order valence-corrected chi connectivity index (χ1v) is 6.89. The second kappa shape index (κ2) is 10.5. The summed E-state index contributed by atoms with van der Waals surface area (Å²) in [7, 11) is 0.784. The van der Waals surface area contributed by atoms with Gasteiger partial charge in [-0.3, -0.25) is 0 Å². The summed E-state index contributed by atoms with van der Waals surface area (Å²) in [5, 5.41) is 0. The van der Waals surface area contributed by atoms with Crippen LogP contribution >= 0.6 is 0 Å². The number of carbonyl (C=O) groups is 3. The van der Waals surface area contributed by atoms with E-state index in [2.05, 4.69) is 27.4 Å². The van der Waals surface area contributed by atoms with Crippen LogP contribution in [0.5, 0.6) is 0 Å². The van der Waals surface area contributed by atoms with Gasteiger partial charge in [0.2, 0.25) is 0 Å². The molecule has 0 aromatic carbocycles. The third kappa shape index (κ3) is 6.86. The van der Waals surface area contributed by atoms with Gasteiger partial charge in [0, 0.05) is 0 Å². The molecule has 0 saturated carbocycles. The zero-order chi connectivity index (χ0) is 18.8. The molecule has 0 fully saturated rings. The standard InChI is InChI=1S/C15H20F2O7/c1-5-7-22-8-10(3)13(19)23-9-12(18)24-11(6-2)15(16,17)14(20)21-4/h5,11H,1,3,6-9H2,2,4H3. The Morgan fingerprint density at radius 3 is 2.38 bits per heavy atom. The van der Waals surface area contributed by atoms with Crippen molar-refractivity contribution in [1.29, 1.82) is 0 Å². The molecule has 0 aromatic heterocycles. The maximum absolute atomic E-state index is 13.6. The molecule has 136 valence electrons. The van der Waals surface area contributed by atoms with Crippen molar-refractivity contribution < 1.29 is 42.1 Å². The van der Waals surface area contributed by atoms with Crippen LogP contribution in [0.15, 0.2) is 24.8 Å². The fourth-order valence-electron chi connectivity index (χ4n) is 1.42. The molecule has 0 aliphatic carbocycles. The molecule has 0 heterocycles. The number of alkyl halides is 2. The van der Waals surface area contributed by atoms with E-state index in [-0.39, 0.29) is 25.2 Å². The van der Waals surface area contributed by atoms with Crippen LogP contribution in [-0.2, 0) is 33.3 Å². The van der Waals surface area contributed by atoms with Gasteiger partial charge >= 0.3 is 23.8 Å². The first-order valence-electron chi connectivity index (χ1n) is 6.89. The summed E-state index contributed by atoms with van der Waals surface area (Å²) in [6.45, 7) is 7.23. The second-order valence-corrected chi connectivity index (χ2v) is 4.48. The van der Waals surface area contributed by atoms with Crippen LogP contribution < -0.4 is 0 Å². The van der Waals surface area contributed by atoms with Crippen molar-refractivity contribution >= 4 is 17.9 Å². The fraction of sp³-hybridized carbons (Fsp3) is 0.533. The average Bonchev–Trinajstić information content (AvgIpc) is 2.56. The van der Waals surface area contributed by atoms with Gasteiger partial charge in [-0.25, -0.2) is 14.4 Å². The van der Waals surface area contributed by atoms with Gasteiger partial charge in [-0.05, 0) is 6.42 Å². The Morgan fingerprint density at radius 2 is 1.88 bits per heavy atom. The molecule has 0 saturated heterocycles. The number of hydrogen-bond acceptors (Lipinski definition) is 7. The smallest absolute Gasteiger partial charge is 0.380 e. The molecule has 24 heavy (non-hydrogen) atoms. The topological polar surface area (TPSA) is 88.1 Å². The van der Waals surface area contributed by atoms with Crippen LogP contribution in [0.1, 0.15) is 13.3 Å². The number of rotatable bonds is 11. The zero-order valence-electron chi connectivity index (χ0n) is 13.5. The number of halogens is 2. The van der Waals surface area contributed by atoms with E-state index in [4.69, 9.17) is 4.74 Å². The highest BCUT2D eigenvalue weighted by Gasteiger charge is 2.50. The molecular formula is C15H20F2O7. The number of esters is 3. The third-order valence-electron chi connectivity index (χ3n) is 2.63. The van der Waals surface area contributed by atoms with Crippen molar-refractivity contribution in [3.05, 3.63) is 24.8 Å². The van der Waals surface area contributed by atoms with Crippen molar-refractivity contribution in [2.75, 3.05) is 26.9 Å². The normalized spacial score (nSPS) is 12.0. The maximum Gasteiger partial charge on any atom is 0.380 e. The van der Waals surface area contributed by atoms with Crippen molar-refractivity contribution in [2.45, 2.75) is 25.4 Å². The van der Waals surface area contributed by atoms with E-state index in [1.54, 1.807) is 0 Å². The molecule has 0 aliphatic heterocycles. The monoisotopic (exact) mass is 350 g/mol. The minimum absolute atomic E-state index is 0.0726. The lowest BCUT2D eigenvalue weighted by molar-refractivity contribution is -0.198. The number of carbonyl (C=O) groups excluding carboxylic acids is 3. The summed E-state index contributed by atoms with van der Waals surface area (Å²) < 4.78 is 45.2. The molecule has 1 unspecified atom stereocenters. The van der Waals surface area contributed by atoms with Crippen LogP contribution in [0.25, 0.3) is 0 Å². The van der Waals surface area contributed by atoms with Gasteiger partial charge < -0.3 is 18.9 Å². The minimum atomic E-state index is -4.01. The van der Waals surface area contributed by atoms with Gasteiger partial charge in [-0.2, -0.15) is 8.78 Å². The Balaban J connectivity index is 4.46. The SMILES string of the molecule is C=CCOCC(=C)C(=O)OCC(=O)OC(CC)C(F)(F)C(=O)OC. The van der Waals surface area contributed by atoms with Gasteiger partial charge in [-0.1, -0.05) is 19.6 Å². The molecule has 0 aliphatic rings. The van der Waals surface area contributed by atoms with Crippen LogP contribution in [0.4, 0.5) is 8.78 Å². The first-order chi connectivity index (χ1) is 11.2. The summed E-state index contributed by atoms with van der Waals surface area (Å²) in [6, 6.07) is 0. The minimum Gasteiger partial charge on any atom is -0.464 e. The third-order valence-corrected chi connectivity index (χ3v) is 2.63. The molecule has 0 radical (unpaired) electrons. The lowest BCUT2D eigenvalue weighted by Crippen LogP contribution is -2.45. The highest BCUT2D eigenvalue weighted by atomic mass is 19.3. The second-order valence-electron chi connectivity index (χ2n) is 4.48. The van der Waals surface area contributed by atoms with Crippen molar-refractivity contribution in [1.82, 2.24) is 0 Å². The van der Waals surface area contributed by atoms with E-state index in [1.807, 2.05) is 0 Å². The Kier molecular flexibility index (Phi) is 9.48. The molecule has 0 aromatic rings. The van der Waals surface area contributed by atoms with Gasteiger partial charge in [0.05, 0.1) is 25.9 Å². The molecule has 0 N–H and O–H groups in total. The largest absolute Gasteiger partial charge is 0.464 e. The maximum atomic E-state index is 13.6. The Labute approximate surface area is 138 Å². The van der Waals surface area contributed by atoms with E-state index in [1.165, 1.54) is 13.0 Å². The van der Waals surface area contributed by atoms with Gasteiger partial charge in [-0.15, -0.1) is 6.58 Å². The average molecular weight is 350 g/mol. The molecule has 0 rings (SSSR count). The van der Waals surface area contributed by atoms with E-state index < -0.39 is 36.5 Å². The highest BCUT2D eigenvalue weighted by molar-refractivity contribution is 5.89. The molecule has 1 atom stereocenters. The molecule has 0 spiro atoms. The predicted molar refractivity (Wildman–Crippen MR) is 78.2 cm³/mol. The zero-order valence-corrected chi connectivity index (χ0v) is 13.5. The summed E-state index contributed by atoms with van der Waals surface area (Å²) >= 11 is 0. The first kappa shape index (κ1) is 21.7. The summed E-state index contributed by atoms with van der Waals surface area (Å²) in [6.07, 6.45) is -0.915. The van der Waals surface area contributed by atoms with Crippen LogP contribution in [0, 0.1) is 0 Å². The van der Waals surface area contributed by atoms with Gasteiger partial charge in [0.1, 0.15) is 0 Å². The lowest BCUT2D eigenvalue weighted by Gasteiger charge is -2.23. The van der Waals surface area contributed by atoms with Crippen molar-refractivity contribution in [3.63, 3.8) is 0 Å². The van der Waals surface area contributed by atoms with Crippen LogP contribution in [0.2, 0.25) is 0 Å². The van der Waals surface area contributed by atoms with Crippen LogP contribution in [-0.4, -0.2) is 56.9 Å². The number of ether oxygens (including phenoxy) is 4. The molecule has 7 nitrogen and oxygen atoms in total. The highest BCUT2D eigenvalue weighted by Crippen LogP contribution is 2.25. The fourth-order valence-corrected chi connectivity index (χ4v) is 1.42. The Bertz CT molecular complexity index is 488. The molecular weight excluding hydrogens is 330 g/mol. The van der Waals surface area contributed by atoms with Gasteiger partial charge in [0.25, 0.3) is 0 Å². The van der Waals surface area contributed by atoms with Crippen molar-refractivity contribution in [3.8, 4) is 0 Å². The van der Waals surface area contributed by atoms with E-state index in [9.17, 15) is 23.2 Å².